The van der Waals surface area contributed by atoms with Crippen molar-refractivity contribution in [3.05, 3.63) is 98.8 Å². The Labute approximate surface area is 212 Å². The maximum absolute atomic E-state index is 13.4. The Balaban J connectivity index is 1.69. The predicted octanol–water partition coefficient (Wildman–Crippen LogP) is 6.08. The molecule has 0 atom stereocenters. The lowest BCUT2D eigenvalue weighted by atomic mass is 10.1. The van der Waals surface area contributed by atoms with Crippen LogP contribution in [-0.2, 0) is 17.0 Å². The molecule has 0 amide bonds. The second-order valence-corrected chi connectivity index (χ2v) is 9.00. The summed E-state index contributed by atoms with van der Waals surface area (Å²) >= 11 is 7.21. The number of rotatable bonds is 7. The number of hydrogen-bond acceptors (Lipinski definition) is 6. The molecule has 186 valence electrons. The lowest BCUT2D eigenvalue weighted by Crippen LogP contribution is -2.24. The van der Waals surface area contributed by atoms with Crippen LogP contribution in [0.5, 0.6) is 5.75 Å². The van der Waals surface area contributed by atoms with Crippen molar-refractivity contribution in [2.24, 2.45) is 0 Å². The van der Waals surface area contributed by atoms with Gasteiger partial charge in [0.2, 0.25) is 0 Å². The molecule has 0 radical (unpaired) electrons. The highest BCUT2D eigenvalue weighted by Gasteiger charge is 2.31. The fourth-order valence-electron chi connectivity index (χ4n) is 3.40. The minimum atomic E-state index is -4.77. The van der Waals surface area contributed by atoms with Gasteiger partial charge in [0, 0.05) is 10.8 Å². The maximum atomic E-state index is 13.4. The van der Waals surface area contributed by atoms with E-state index in [1.165, 1.54) is 65.9 Å². The van der Waals surface area contributed by atoms with E-state index in [9.17, 15) is 22.8 Å². The molecule has 1 heterocycles. The molecule has 36 heavy (non-hydrogen) atoms. The number of aromatic nitrogens is 2. The molecule has 4 rings (SSSR count). The van der Waals surface area contributed by atoms with Crippen molar-refractivity contribution in [3.63, 3.8) is 0 Å². The van der Waals surface area contributed by atoms with E-state index in [2.05, 4.69) is 9.72 Å². The van der Waals surface area contributed by atoms with Crippen LogP contribution in [0.4, 0.5) is 13.2 Å². The summed E-state index contributed by atoms with van der Waals surface area (Å²) in [5.74, 6) is -0.559. The van der Waals surface area contributed by atoms with Crippen molar-refractivity contribution >= 4 is 40.2 Å². The number of carbonyl (C=O) groups excluding carboxylic acids is 1. The fraction of sp³-hybridized carbons (Fsp3) is 0.160. The Morgan fingerprint density at radius 2 is 1.69 bits per heavy atom. The van der Waals surface area contributed by atoms with Gasteiger partial charge in [-0.05, 0) is 53.6 Å². The molecule has 11 heteroatoms. The Bertz CT molecular complexity index is 1460. The molecular formula is C25H18ClF3N2O4S. The molecule has 0 aliphatic carbocycles. The number of ether oxygens (including phenoxy) is 2. The highest BCUT2D eigenvalue weighted by Crippen LogP contribution is 2.27. The zero-order valence-corrected chi connectivity index (χ0v) is 20.3. The van der Waals surface area contributed by atoms with Crippen molar-refractivity contribution in [1.82, 2.24) is 9.55 Å². The summed E-state index contributed by atoms with van der Waals surface area (Å²) in [6.07, 6.45) is -4.77. The number of fused-ring (bicyclic) bond motifs is 1. The van der Waals surface area contributed by atoms with Crippen LogP contribution in [0, 0.1) is 0 Å². The third-order valence-corrected chi connectivity index (χ3v) is 6.42. The van der Waals surface area contributed by atoms with Gasteiger partial charge in [-0.1, -0.05) is 47.6 Å². The fourth-order valence-corrected chi connectivity index (χ4v) is 4.48. The van der Waals surface area contributed by atoms with E-state index in [-0.39, 0.29) is 23.4 Å². The zero-order chi connectivity index (χ0) is 25.9. The van der Waals surface area contributed by atoms with Crippen LogP contribution in [0.15, 0.2) is 76.7 Å². The largest absolute Gasteiger partial charge is 0.573 e. The van der Waals surface area contributed by atoms with E-state index in [1.807, 2.05) is 0 Å². The van der Waals surface area contributed by atoms with Gasteiger partial charge >= 0.3 is 12.3 Å². The van der Waals surface area contributed by atoms with E-state index >= 15 is 0 Å². The van der Waals surface area contributed by atoms with Crippen LogP contribution in [0.25, 0.3) is 10.9 Å². The number of methoxy groups -OCH3 is 1. The first-order chi connectivity index (χ1) is 17.1. The third kappa shape index (κ3) is 6.19. The first-order valence-electron chi connectivity index (χ1n) is 10.5. The number of alkyl halides is 3. The van der Waals surface area contributed by atoms with Gasteiger partial charge in [0.1, 0.15) is 5.75 Å². The summed E-state index contributed by atoms with van der Waals surface area (Å²) in [4.78, 5) is 30.0. The van der Waals surface area contributed by atoms with Gasteiger partial charge in [-0.15, -0.1) is 13.2 Å². The van der Waals surface area contributed by atoms with Crippen molar-refractivity contribution in [3.8, 4) is 5.75 Å². The minimum absolute atomic E-state index is 0.221. The van der Waals surface area contributed by atoms with Crippen molar-refractivity contribution in [2.75, 3.05) is 7.11 Å². The van der Waals surface area contributed by atoms with Crippen LogP contribution in [0.1, 0.15) is 21.5 Å². The highest BCUT2D eigenvalue weighted by molar-refractivity contribution is 7.98. The lowest BCUT2D eigenvalue weighted by Gasteiger charge is -2.14. The summed E-state index contributed by atoms with van der Waals surface area (Å²) in [5, 5.41) is 1.26. The average molecular weight is 535 g/mol. The van der Waals surface area contributed by atoms with E-state index in [1.54, 1.807) is 24.3 Å². The molecule has 0 fully saturated rings. The first-order valence-corrected chi connectivity index (χ1v) is 11.8. The average Bonchev–Trinajstić information content (AvgIpc) is 2.85. The monoisotopic (exact) mass is 534 g/mol. The van der Waals surface area contributed by atoms with Gasteiger partial charge < -0.3 is 9.47 Å². The molecule has 0 spiro atoms. The number of nitrogens with zero attached hydrogens (tertiary/aromatic N) is 2. The predicted molar refractivity (Wildman–Crippen MR) is 131 cm³/mol. The standard InChI is InChI=1S/C25H18ClF3N2O4S/c1-34-23(33)17-6-11-20-21(12-17)30-24(31(22(20)32)13-15-2-7-18(26)8-3-15)36-14-16-4-9-19(10-5-16)35-25(27,28)29/h2-12H,13-14H2,1H3. The second kappa shape index (κ2) is 10.6. The third-order valence-electron chi connectivity index (χ3n) is 5.12. The van der Waals surface area contributed by atoms with Crippen LogP contribution in [-0.4, -0.2) is 29.0 Å². The molecular weight excluding hydrogens is 517 g/mol. The second-order valence-electron chi connectivity index (χ2n) is 7.62. The molecule has 0 aliphatic rings. The van der Waals surface area contributed by atoms with Crippen LogP contribution in [0.3, 0.4) is 0 Å². The molecule has 0 bridgehead atoms. The SMILES string of the molecule is COC(=O)c1ccc2c(=O)n(Cc3ccc(Cl)cc3)c(SCc3ccc(OC(F)(F)F)cc3)nc2c1. The molecule has 1 aromatic heterocycles. The number of thioether (sulfide) groups is 1. The molecule has 6 nitrogen and oxygen atoms in total. The van der Waals surface area contributed by atoms with Gasteiger partial charge in [0.05, 0.1) is 30.1 Å². The zero-order valence-electron chi connectivity index (χ0n) is 18.7. The number of benzene rings is 3. The molecule has 3 aromatic carbocycles. The van der Waals surface area contributed by atoms with Crippen molar-refractivity contribution < 1.29 is 27.4 Å². The van der Waals surface area contributed by atoms with Crippen LogP contribution >= 0.6 is 23.4 Å². The van der Waals surface area contributed by atoms with Gasteiger partial charge in [0.25, 0.3) is 5.56 Å². The Morgan fingerprint density at radius 3 is 2.33 bits per heavy atom. The molecule has 0 N–H and O–H groups in total. The number of esters is 1. The lowest BCUT2D eigenvalue weighted by molar-refractivity contribution is -0.274. The maximum Gasteiger partial charge on any atom is 0.573 e. The first kappa shape index (κ1) is 25.6. The molecule has 0 aliphatic heterocycles. The van der Waals surface area contributed by atoms with Crippen LogP contribution < -0.4 is 10.3 Å². The number of hydrogen-bond donors (Lipinski definition) is 0. The van der Waals surface area contributed by atoms with E-state index in [4.69, 9.17) is 16.3 Å². The number of halogens is 4. The number of carbonyl (C=O) groups is 1. The topological polar surface area (TPSA) is 70.4 Å². The van der Waals surface area contributed by atoms with Crippen molar-refractivity contribution in [1.29, 1.82) is 0 Å². The van der Waals surface area contributed by atoms with Crippen molar-refractivity contribution in [2.45, 2.75) is 23.8 Å². The van der Waals surface area contributed by atoms with Gasteiger partial charge in [-0.2, -0.15) is 0 Å². The van der Waals surface area contributed by atoms with Crippen LogP contribution in [0.2, 0.25) is 5.02 Å². The molecule has 0 saturated heterocycles. The minimum Gasteiger partial charge on any atom is -0.465 e. The van der Waals surface area contributed by atoms with Gasteiger partial charge in [-0.3, -0.25) is 9.36 Å². The summed E-state index contributed by atoms with van der Waals surface area (Å²) in [6, 6.07) is 17.0. The highest BCUT2D eigenvalue weighted by atomic mass is 35.5. The smallest absolute Gasteiger partial charge is 0.465 e. The summed E-state index contributed by atoms with van der Waals surface area (Å²) in [7, 11) is 1.26. The summed E-state index contributed by atoms with van der Waals surface area (Å²) in [5.41, 5.74) is 1.80. The quantitative estimate of drug-likeness (QED) is 0.163. The Hall–Kier alpha value is -3.50. The molecule has 0 saturated carbocycles. The van der Waals surface area contributed by atoms with E-state index < -0.39 is 12.3 Å². The van der Waals surface area contributed by atoms with E-state index in [0.717, 1.165) is 5.56 Å². The van der Waals surface area contributed by atoms with Gasteiger partial charge in [-0.25, -0.2) is 9.78 Å². The summed E-state index contributed by atoms with van der Waals surface area (Å²) in [6.45, 7) is 0.221. The summed E-state index contributed by atoms with van der Waals surface area (Å²) < 4.78 is 47.4. The molecule has 4 aromatic rings. The van der Waals surface area contributed by atoms with Gasteiger partial charge in [0.15, 0.2) is 5.16 Å². The normalized spacial score (nSPS) is 11.5. The Morgan fingerprint density at radius 1 is 1.03 bits per heavy atom. The molecule has 0 unspecified atom stereocenters. The Kier molecular flexibility index (Phi) is 7.56. The van der Waals surface area contributed by atoms with E-state index in [0.29, 0.717) is 32.4 Å².